The molecule has 1 spiro atoms. The first-order valence-electron chi connectivity index (χ1n) is 5.42. The highest BCUT2D eigenvalue weighted by Crippen LogP contribution is 2.27. The quantitative estimate of drug-likeness (QED) is 0.641. The summed E-state index contributed by atoms with van der Waals surface area (Å²) in [5, 5.41) is 3.39. The minimum atomic E-state index is 0.194. The Labute approximate surface area is 80.4 Å². The molecule has 0 aliphatic carbocycles. The topological polar surface area (TPSA) is 24.5 Å². The fourth-order valence-corrected chi connectivity index (χ4v) is 2.38. The Morgan fingerprint density at radius 3 is 2.85 bits per heavy atom. The van der Waals surface area contributed by atoms with Crippen molar-refractivity contribution in [3.63, 3.8) is 0 Å². The van der Waals surface area contributed by atoms with Crippen molar-refractivity contribution >= 4 is 0 Å². The molecule has 2 fully saturated rings. The summed E-state index contributed by atoms with van der Waals surface area (Å²) in [5.41, 5.74) is 0.194. The van der Waals surface area contributed by atoms with Crippen molar-refractivity contribution in [2.45, 2.75) is 25.4 Å². The van der Waals surface area contributed by atoms with E-state index in [2.05, 4.69) is 17.1 Å². The van der Waals surface area contributed by atoms with E-state index in [1.807, 2.05) is 0 Å². The number of nitrogens with one attached hydrogen (secondary N) is 1. The van der Waals surface area contributed by atoms with Gasteiger partial charge in [-0.1, -0.05) is 6.92 Å². The molecule has 2 aliphatic rings. The van der Waals surface area contributed by atoms with Gasteiger partial charge in [0, 0.05) is 13.1 Å². The summed E-state index contributed by atoms with van der Waals surface area (Å²) in [6.07, 6.45) is 2.37. The Balaban J connectivity index is 1.95. The van der Waals surface area contributed by atoms with E-state index in [-0.39, 0.29) is 5.60 Å². The molecule has 2 heterocycles. The number of hydrogen-bond donors (Lipinski definition) is 1. The number of rotatable bonds is 1. The van der Waals surface area contributed by atoms with E-state index in [1.54, 1.807) is 0 Å². The van der Waals surface area contributed by atoms with Gasteiger partial charge in [-0.2, -0.15) is 0 Å². The van der Waals surface area contributed by atoms with Gasteiger partial charge >= 0.3 is 0 Å². The van der Waals surface area contributed by atoms with E-state index in [0.717, 1.165) is 32.8 Å². The summed E-state index contributed by atoms with van der Waals surface area (Å²) in [7, 11) is 0. The van der Waals surface area contributed by atoms with E-state index in [0.29, 0.717) is 0 Å². The summed E-state index contributed by atoms with van der Waals surface area (Å²) < 4.78 is 5.96. The molecule has 76 valence electrons. The molecule has 3 heteroatoms. The third kappa shape index (κ3) is 2.03. The number of likely N-dealkylation sites (N-methyl/N-ethyl adjacent to an activating group) is 1. The van der Waals surface area contributed by atoms with Gasteiger partial charge in [-0.05, 0) is 32.5 Å². The van der Waals surface area contributed by atoms with E-state index >= 15 is 0 Å². The number of morpholine rings is 1. The zero-order valence-corrected chi connectivity index (χ0v) is 8.51. The average Bonchev–Trinajstić information content (AvgIpc) is 2.19. The minimum Gasteiger partial charge on any atom is -0.372 e. The van der Waals surface area contributed by atoms with Gasteiger partial charge in [0.2, 0.25) is 0 Å². The highest BCUT2D eigenvalue weighted by Gasteiger charge is 2.36. The molecule has 0 aromatic carbocycles. The molecule has 2 saturated heterocycles. The van der Waals surface area contributed by atoms with Gasteiger partial charge in [0.25, 0.3) is 0 Å². The van der Waals surface area contributed by atoms with Crippen molar-refractivity contribution in [2.75, 3.05) is 39.3 Å². The van der Waals surface area contributed by atoms with Crippen molar-refractivity contribution < 1.29 is 4.74 Å². The maximum absolute atomic E-state index is 5.96. The van der Waals surface area contributed by atoms with E-state index in [1.165, 1.54) is 19.4 Å². The van der Waals surface area contributed by atoms with Gasteiger partial charge in [0.1, 0.15) is 0 Å². The van der Waals surface area contributed by atoms with Crippen LogP contribution in [0, 0.1) is 0 Å². The molecule has 0 aromatic rings. The maximum atomic E-state index is 5.96. The highest BCUT2D eigenvalue weighted by molar-refractivity contribution is 4.91. The smallest absolute Gasteiger partial charge is 0.0833 e. The molecule has 0 bridgehead atoms. The van der Waals surface area contributed by atoms with Crippen LogP contribution in [0.3, 0.4) is 0 Å². The predicted molar refractivity (Wildman–Crippen MR) is 52.9 cm³/mol. The lowest BCUT2D eigenvalue weighted by molar-refractivity contribution is -0.122. The largest absolute Gasteiger partial charge is 0.372 e. The van der Waals surface area contributed by atoms with Gasteiger partial charge in [0.15, 0.2) is 0 Å². The van der Waals surface area contributed by atoms with Gasteiger partial charge in [-0.25, -0.2) is 0 Å². The van der Waals surface area contributed by atoms with Crippen molar-refractivity contribution in [1.82, 2.24) is 10.2 Å². The molecule has 0 radical (unpaired) electrons. The highest BCUT2D eigenvalue weighted by atomic mass is 16.5. The van der Waals surface area contributed by atoms with Gasteiger partial charge in [-0.15, -0.1) is 0 Å². The van der Waals surface area contributed by atoms with Gasteiger partial charge in [-0.3, -0.25) is 4.90 Å². The lowest BCUT2D eigenvalue weighted by Gasteiger charge is -2.44. The van der Waals surface area contributed by atoms with Crippen molar-refractivity contribution in [1.29, 1.82) is 0 Å². The van der Waals surface area contributed by atoms with Crippen LogP contribution < -0.4 is 5.32 Å². The molecule has 0 unspecified atom stereocenters. The zero-order chi connectivity index (χ0) is 9.15. The van der Waals surface area contributed by atoms with Crippen LogP contribution in [-0.4, -0.2) is 49.8 Å². The van der Waals surface area contributed by atoms with Gasteiger partial charge < -0.3 is 10.1 Å². The van der Waals surface area contributed by atoms with E-state index in [4.69, 9.17) is 4.74 Å². The average molecular weight is 184 g/mol. The van der Waals surface area contributed by atoms with Crippen LogP contribution in [0.5, 0.6) is 0 Å². The SMILES string of the molecule is CCN1CCOC2(CCNCC2)C1. The standard InChI is InChI=1S/C10H20N2O/c1-2-12-7-8-13-10(9-12)3-5-11-6-4-10/h11H,2-9H2,1H3. The fraction of sp³-hybridized carbons (Fsp3) is 1.00. The number of piperidine rings is 1. The second-order valence-corrected chi connectivity index (χ2v) is 4.15. The Kier molecular flexibility index (Phi) is 2.86. The second kappa shape index (κ2) is 3.95. The van der Waals surface area contributed by atoms with Crippen LogP contribution in [0.15, 0.2) is 0 Å². The van der Waals surface area contributed by atoms with Crippen LogP contribution in [-0.2, 0) is 4.74 Å². The molecule has 13 heavy (non-hydrogen) atoms. The molecule has 2 aliphatic heterocycles. The van der Waals surface area contributed by atoms with Crippen LogP contribution in [0.25, 0.3) is 0 Å². The molecular weight excluding hydrogens is 164 g/mol. The Hall–Kier alpha value is -0.120. The van der Waals surface area contributed by atoms with Crippen molar-refractivity contribution in [3.8, 4) is 0 Å². The maximum Gasteiger partial charge on any atom is 0.0833 e. The molecule has 3 nitrogen and oxygen atoms in total. The minimum absolute atomic E-state index is 0.194. The van der Waals surface area contributed by atoms with Crippen LogP contribution in [0.1, 0.15) is 19.8 Å². The number of ether oxygens (including phenoxy) is 1. The summed E-state index contributed by atoms with van der Waals surface area (Å²) in [4.78, 5) is 2.51. The summed E-state index contributed by atoms with van der Waals surface area (Å²) in [5.74, 6) is 0. The van der Waals surface area contributed by atoms with Gasteiger partial charge in [0.05, 0.1) is 12.2 Å². The zero-order valence-electron chi connectivity index (χ0n) is 8.51. The Bertz CT molecular complexity index is 161. The molecular formula is C10H20N2O. The van der Waals surface area contributed by atoms with E-state index in [9.17, 15) is 0 Å². The molecule has 2 rings (SSSR count). The summed E-state index contributed by atoms with van der Waals surface area (Å²) in [6, 6.07) is 0. The monoisotopic (exact) mass is 184 g/mol. The predicted octanol–water partition coefficient (Wildman–Crippen LogP) is 0.461. The number of nitrogens with zero attached hydrogens (tertiary/aromatic N) is 1. The number of hydrogen-bond acceptors (Lipinski definition) is 3. The first-order chi connectivity index (χ1) is 6.35. The molecule has 0 amide bonds. The van der Waals surface area contributed by atoms with Crippen LogP contribution in [0.2, 0.25) is 0 Å². The van der Waals surface area contributed by atoms with Crippen molar-refractivity contribution in [2.24, 2.45) is 0 Å². The Morgan fingerprint density at radius 2 is 2.15 bits per heavy atom. The molecule has 0 atom stereocenters. The summed E-state index contributed by atoms with van der Waals surface area (Å²) >= 11 is 0. The van der Waals surface area contributed by atoms with E-state index < -0.39 is 0 Å². The lowest BCUT2D eigenvalue weighted by atomic mass is 9.90. The Morgan fingerprint density at radius 1 is 1.38 bits per heavy atom. The molecule has 0 saturated carbocycles. The van der Waals surface area contributed by atoms with Crippen LogP contribution in [0.4, 0.5) is 0 Å². The molecule has 0 aromatic heterocycles. The van der Waals surface area contributed by atoms with Crippen LogP contribution >= 0.6 is 0 Å². The molecule has 1 N–H and O–H groups in total. The second-order valence-electron chi connectivity index (χ2n) is 4.15. The summed E-state index contributed by atoms with van der Waals surface area (Å²) in [6.45, 7) is 8.83. The lowest BCUT2D eigenvalue weighted by Crippen LogP contribution is -2.56. The first-order valence-corrected chi connectivity index (χ1v) is 5.42. The first kappa shape index (κ1) is 9.44. The van der Waals surface area contributed by atoms with Crippen molar-refractivity contribution in [3.05, 3.63) is 0 Å². The fourth-order valence-electron chi connectivity index (χ4n) is 2.38. The normalized spacial score (nSPS) is 29.3. The third-order valence-corrected chi connectivity index (χ3v) is 3.29. The third-order valence-electron chi connectivity index (χ3n) is 3.29.